The Bertz CT molecular complexity index is 1100. The van der Waals surface area contributed by atoms with Gasteiger partial charge in [-0.25, -0.2) is 0 Å². The Kier molecular flexibility index (Phi) is 6.28. The van der Waals surface area contributed by atoms with Gasteiger partial charge in [0.1, 0.15) is 5.75 Å². The fourth-order valence-corrected chi connectivity index (χ4v) is 5.31. The van der Waals surface area contributed by atoms with E-state index in [1.165, 1.54) is 29.3 Å². The van der Waals surface area contributed by atoms with E-state index in [1.807, 2.05) is 30.3 Å². The Balaban J connectivity index is 1.36. The van der Waals surface area contributed by atoms with Gasteiger partial charge in [0.15, 0.2) is 16.8 Å². The van der Waals surface area contributed by atoms with E-state index in [0.29, 0.717) is 12.3 Å². The van der Waals surface area contributed by atoms with Crippen LogP contribution in [0, 0.1) is 0 Å². The number of aryl methyl sites for hydroxylation is 2. The molecule has 166 valence electrons. The van der Waals surface area contributed by atoms with E-state index in [-0.39, 0.29) is 11.9 Å². The molecule has 32 heavy (non-hydrogen) atoms. The number of Topliss-reactive ketones (excluding diaryl/α,β-unsaturated/α-hetero) is 1. The predicted octanol–water partition coefficient (Wildman–Crippen LogP) is 4.60. The van der Waals surface area contributed by atoms with Crippen LogP contribution in [0.15, 0.2) is 47.6 Å². The van der Waals surface area contributed by atoms with Crippen LogP contribution in [0.5, 0.6) is 5.75 Å². The third-order valence-corrected chi connectivity index (χ3v) is 7.19. The van der Waals surface area contributed by atoms with Crippen LogP contribution in [0.25, 0.3) is 11.4 Å². The molecule has 0 bridgehead atoms. The molecule has 1 atom stereocenters. The van der Waals surface area contributed by atoms with Crippen molar-refractivity contribution < 1.29 is 14.3 Å². The van der Waals surface area contributed by atoms with Crippen LogP contribution in [0.3, 0.4) is 0 Å². The highest BCUT2D eigenvalue weighted by Crippen LogP contribution is 2.29. The lowest BCUT2D eigenvalue weighted by Gasteiger charge is -2.15. The average Bonchev–Trinajstić information content (AvgIpc) is 3.59. The van der Waals surface area contributed by atoms with Gasteiger partial charge in [0.2, 0.25) is 0 Å². The number of benzene rings is 2. The van der Waals surface area contributed by atoms with E-state index < -0.39 is 0 Å². The summed E-state index contributed by atoms with van der Waals surface area (Å²) in [7, 11) is 1.65. The predicted molar refractivity (Wildman–Crippen MR) is 125 cm³/mol. The molecule has 1 saturated heterocycles. The lowest BCUT2D eigenvalue weighted by molar-refractivity contribution is 0.0953. The van der Waals surface area contributed by atoms with Crippen molar-refractivity contribution in [2.75, 3.05) is 19.5 Å². The number of rotatable bonds is 8. The molecular formula is C25H27N3O3S. The van der Waals surface area contributed by atoms with E-state index >= 15 is 0 Å². The number of methoxy groups -OCH3 is 1. The van der Waals surface area contributed by atoms with Crippen molar-refractivity contribution in [1.82, 2.24) is 14.8 Å². The Hall–Kier alpha value is -2.64. The van der Waals surface area contributed by atoms with Gasteiger partial charge in [-0.3, -0.25) is 9.36 Å². The second-order valence-corrected chi connectivity index (χ2v) is 9.27. The molecule has 2 aromatic carbocycles. The Morgan fingerprint density at radius 1 is 1.12 bits per heavy atom. The van der Waals surface area contributed by atoms with Crippen molar-refractivity contribution >= 4 is 17.5 Å². The van der Waals surface area contributed by atoms with Crippen molar-refractivity contribution in [1.29, 1.82) is 0 Å². The lowest BCUT2D eigenvalue weighted by Crippen LogP contribution is -2.17. The molecule has 1 aromatic heterocycles. The number of nitrogens with zero attached hydrogens (tertiary/aromatic N) is 3. The minimum atomic E-state index is 0.127. The molecule has 3 aromatic rings. The molecule has 0 spiro atoms. The van der Waals surface area contributed by atoms with Crippen molar-refractivity contribution in [3.05, 3.63) is 59.2 Å². The molecule has 0 saturated carbocycles. The molecule has 1 aliphatic heterocycles. The van der Waals surface area contributed by atoms with E-state index in [2.05, 4.69) is 26.9 Å². The highest BCUT2D eigenvalue weighted by molar-refractivity contribution is 7.99. The van der Waals surface area contributed by atoms with Crippen LogP contribution in [0.1, 0.15) is 40.7 Å². The monoisotopic (exact) mass is 449 g/mol. The molecule has 0 radical (unpaired) electrons. The third kappa shape index (κ3) is 4.45. The SMILES string of the molecule is COc1ccc(-c2nnc(SCC(=O)c3ccc4c(c3)CCC4)n2CC2CCCO2)cc1. The normalized spacial score (nSPS) is 17.5. The van der Waals surface area contributed by atoms with Gasteiger partial charge >= 0.3 is 0 Å². The standard InChI is InChI=1S/C25H27N3O3S/c1-30-21-11-9-18(10-12-21)24-26-27-25(28(24)15-22-6-3-13-31-22)32-16-23(29)20-8-7-17-4-2-5-19(17)14-20/h7-12,14,22H,2-6,13,15-16H2,1H3. The van der Waals surface area contributed by atoms with Crippen molar-refractivity contribution in [2.45, 2.75) is 49.9 Å². The Morgan fingerprint density at radius 3 is 2.75 bits per heavy atom. The second kappa shape index (κ2) is 9.46. The Labute approximate surface area is 192 Å². The van der Waals surface area contributed by atoms with Crippen LogP contribution in [-0.4, -0.2) is 46.1 Å². The molecular weight excluding hydrogens is 422 g/mol. The maximum atomic E-state index is 12.9. The zero-order chi connectivity index (χ0) is 21.9. The zero-order valence-corrected chi connectivity index (χ0v) is 19.1. The fraction of sp³-hybridized carbons (Fsp3) is 0.400. The first-order valence-corrected chi connectivity index (χ1v) is 12.2. The van der Waals surface area contributed by atoms with Gasteiger partial charge in [-0.2, -0.15) is 0 Å². The molecule has 1 fully saturated rings. The lowest BCUT2D eigenvalue weighted by atomic mass is 10.0. The van der Waals surface area contributed by atoms with Crippen LogP contribution in [0.2, 0.25) is 0 Å². The minimum absolute atomic E-state index is 0.127. The van der Waals surface area contributed by atoms with E-state index in [1.54, 1.807) is 7.11 Å². The first-order valence-electron chi connectivity index (χ1n) is 11.2. The van der Waals surface area contributed by atoms with E-state index in [9.17, 15) is 4.79 Å². The molecule has 2 heterocycles. The summed E-state index contributed by atoms with van der Waals surface area (Å²) >= 11 is 1.45. The van der Waals surface area contributed by atoms with Gasteiger partial charge in [-0.1, -0.05) is 23.9 Å². The van der Waals surface area contributed by atoms with Gasteiger partial charge in [-0.15, -0.1) is 10.2 Å². The highest BCUT2D eigenvalue weighted by Gasteiger charge is 2.23. The summed E-state index contributed by atoms with van der Waals surface area (Å²) in [6.07, 6.45) is 5.63. The van der Waals surface area contributed by atoms with Crippen LogP contribution in [0.4, 0.5) is 0 Å². The molecule has 5 rings (SSSR count). The number of fused-ring (bicyclic) bond motifs is 1. The van der Waals surface area contributed by atoms with Gasteiger partial charge in [0.25, 0.3) is 0 Å². The highest BCUT2D eigenvalue weighted by atomic mass is 32.2. The number of hydrogen-bond donors (Lipinski definition) is 0. The molecule has 1 aliphatic carbocycles. The summed E-state index contributed by atoms with van der Waals surface area (Å²) in [6.45, 7) is 1.48. The van der Waals surface area contributed by atoms with Crippen LogP contribution >= 0.6 is 11.8 Å². The molecule has 6 nitrogen and oxygen atoms in total. The first-order chi connectivity index (χ1) is 15.7. The topological polar surface area (TPSA) is 66.2 Å². The first kappa shape index (κ1) is 21.2. The number of carbonyl (C=O) groups excluding carboxylic acids is 1. The summed E-state index contributed by atoms with van der Waals surface area (Å²) < 4.78 is 13.2. The second-order valence-electron chi connectivity index (χ2n) is 8.33. The summed E-state index contributed by atoms with van der Waals surface area (Å²) in [5.41, 5.74) is 4.46. The van der Waals surface area contributed by atoms with Gasteiger partial charge in [0.05, 0.1) is 25.5 Å². The zero-order valence-electron chi connectivity index (χ0n) is 18.3. The summed E-state index contributed by atoms with van der Waals surface area (Å²) in [4.78, 5) is 12.9. The number of hydrogen-bond acceptors (Lipinski definition) is 6. The summed E-state index contributed by atoms with van der Waals surface area (Å²) in [6, 6.07) is 14.0. The van der Waals surface area contributed by atoms with E-state index in [4.69, 9.17) is 9.47 Å². The minimum Gasteiger partial charge on any atom is -0.497 e. The van der Waals surface area contributed by atoms with Crippen molar-refractivity contribution in [2.24, 2.45) is 0 Å². The fourth-order valence-electron chi connectivity index (χ4n) is 4.46. The van der Waals surface area contributed by atoms with E-state index in [0.717, 1.165) is 60.1 Å². The molecule has 1 unspecified atom stereocenters. The quantitative estimate of drug-likeness (QED) is 0.370. The molecule has 2 aliphatic rings. The van der Waals surface area contributed by atoms with Crippen molar-refractivity contribution in [3.8, 4) is 17.1 Å². The number of aromatic nitrogens is 3. The van der Waals surface area contributed by atoms with Gasteiger partial charge in [0, 0.05) is 17.7 Å². The third-order valence-electron chi connectivity index (χ3n) is 6.23. The summed E-state index contributed by atoms with van der Waals surface area (Å²) in [5, 5.41) is 9.65. The molecule has 0 N–H and O–H groups in total. The van der Waals surface area contributed by atoms with Gasteiger partial charge in [-0.05, 0) is 73.6 Å². The smallest absolute Gasteiger partial charge is 0.192 e. The maximum absolute atomic E-state index is 12.9. The average molecular weight is 450 g/mol. The number of carbonyl (C=O) groups is 1. The van der Waals surface area contributed by atoms with Crippen molar-refractivity contribution in [3.63, 3.8) is 0 Å². The molecule has 7 heteroatoms. The number of ether oxygens (including phenoxy) is 2. The maximum Gasteiger partial charge on any atom is 0.192 e. The Morgan fingerprint density at radius 2 is 1.97 bits per heavy atom. The summed E-state index contributed by atoms with van der Waals surface area (Å²) in [5.74, 6) is 2.05. The number of ketones is 1. The largest absolute Gasteiger partial charge is 0.497 e. The molecule has 0 amide bonds. The van der Waals surface area contributed by atoms with Crippen LogP contribution < -0.4 is 4.74 Å². The van der Waals surface area contributed by atoms with Gasteiger partial charge < -0.3 is 9.47 Å². The van der Waals surface area contributed by atoms with Crippen LogP contribution in [-0.2, 0) is 24.1 Å². The number of thioether (sulfide) groups is 1.